The lowest BCUT2D eigenvalue weighted by molar-refractivity contribution is -0.116. The number of ether oxygens (including phenoxy) is 2. The molecule has 0 bridgehead atoms. The van der Waals surface area contributed by atoms with Gasteiger partial charge in [0.2, 0.25) is 5.91 Å². The highest BCUT2D eigenvalue weighted by atomic mass is 16.6. The first-order valence-corrected chi connectivity index (χ1v) is 10.4. The van der Waals surface area contributed by atoms with Crippen LogP contribution in [0.3, 0.4) is 0 Å². The Hall–Kier alpha value is -4.12. The number of fused-ring (bicyclic) bond motifs is 3. The lowest BCUT2D eigenvalue weighted by Crippen LogP contribution is -2.23. The quantitative estimate of drug-likeness (QED) is 0.346. The molecular formula is C27H21NO4. The summed E-state index contributed by atoms with van der Waals surface area (Å²) < 4.78 is 11.1. The molecule has 0 radical (unpaired) electrons. The Morgan fingerprint density at radius 2 is 1.69 bits per heavy atom. The fraction of sp³-hybridized carbons (Fsp3) is 0.111. The second kappa shape index (κ2) is 8.19. The van der Waals surface area contributed by atoms with Crippen molar-refractivity contribution in [1.82, 2.24) is 0 Å². The second-order valence-electron chi connectivity index (χ2n) is 7.72. The molecule has 5 heteroatoms. The van der Waals surface area contributed by atoms with Crippen LogP contribution < -0.4 is 14.8 Å². The molecule has 0 spiro atoms. The largest absolute Gasteiger partial charge is 0.493 e. The fourth-order valence-corrected chi connectivity index (χ4v) is 4.27. The van der Waals surface area contributed by atoms with Crippen LogP contribution in [0, 0.1) is 0 Å². The van der Waals surface area contributed by atoms with Crippen molar-refractivity contribution in [2.24, 2.45) is 0 Å². The van der Waals surface area contributed by atoms with Gasteiger partial charge in [-0.1, -0.05) is 54.6 Å². The number of hydrogen-bond acceptors (Lipinski definition) is 4. The maximum absolute atomic E-state index is 12.5. The Morgan fingerprint density at radius 1 is 0.906 bits per heavy atom. The van der Waals surface area contributed by atoms with E-state index in [0.29, 0.717) is 23.5 Å². The van der Waals surface area contributed by atoms with Crippen LogP contribution in [0.2, 0.25) is 0 Å². The lowest BCUT2D eigenvalue weighted by Gasteiger charge is -2.28. The smallest absolute Gasteiger partial charge is 0.343 e. The molecule has 5 rings (SSSR count). The molecule has 1 aliphatic heterocycles. The molecule has 0 saturated carbocycles. The highest BCUT2D eigenvalue weighted by molar-refractivity contribution is 6.01. The first kappa shape index (κ1) is 19.8. The number of benzene rings is 4. The third-order valence-electron chi connectivity index (χ3n) is 5.78. The predicted octanol–water partition coefficient (Wildman–Crippen LogP) is 5.54. The molecule has 1 atom stereocenters. The van der Waals surface area contributed by atoms with E-state index in [1.54, 1.807) is 30.3 Å². The molecule has 1 aliphatic rings. The first-order chi connectivity index (χ1) is 15.6. The summed E-state index contributed by atoms with van der Waals surface area (Å²) in [4.78, 5) is 24.9. The van der Waals surface area contributed by atoms with E-state index in [9.17, 15) is 9.59 Å². The molecule has 4 aromatic carbocycles. The van der Waals surface area contributed by atoms with E-state index in [-0.39, 0.29) is 11.8 Å². The van der Waals surface area contributed by atoms with Gasteiger partial charge in [0.25, 0.3) is 0 Å². The van der Waals surface area contributed by atoms with E-state index in [1.807, 2.05) is 42.5 Å². The number of amides is 1. The minimum Gasteiger partial charge on any atom is -0.493 e. The predicted molar refractivity (Wildman–Crippen MR) is 123 cm³/mol. The molecule has 5 nitrogen and oxygen atoms in total. The van der Waals surface area contributed by atoms with Crippen molar-refractivity contribution in [2.75, 3.05) is 12.4 Å². The SMILES string of the molecule is COc1cc(C2CC(=O)Nc3ccc4ccccc4c32)ccc1OC(=O)c1ccccc1. The number of nitrogens with one attached hydrogen (secondary N) is 1. The molecule has 1 unspecified atom stereocenters. The zero-order valence-corrected chi connectivity index (χ0v) is 17.5. The van der Waals surface area contributed by atoms with Crippen LogP contribution in [-0.4, -0.2) is 19.0 Å². The first-order valence-electron chi connectivity index (χ1n) is 10.4. The van der Waals surface area contributed by atoms with Gasteiger partial charge in [0.1, 0.15) is 0 Å². The van der Waals surface area contributed by atoms with Crippen LogP contribution in [0.25, 0.3) is 10.8 Å². The Labute approximate surface area is 185 Å². The molecule has 1 heterocycles. The molecule has 158 valence electrons. The Morgan fingerprint density at radius 3 is 2.50 bits per heavy atom. The van der Waals surface area contributed by atoms with Crippen molar-refractivity contribution in [3.05, 3.63) is 102 Å². The molecule has 4 aromatic rings. The van der Waals surface area contributed by atoms with E-state index in [2.05, 4.69) is 17.4 Å². The standard InChI is InChI=1S/C27H21NO4/c1-31-24-15-19(12-14-23(24)32-27(30)18-8-3-2-4-9-18)21-16-25(29)28-22-13-11-17-7-5-6-10-20(17)26(21)22/h2-15,21H,16H2,1H3,(H,28,29). The number of carbonyl (C=O) groups is 2. The summed E-state index contributed by atoms with van der Waals surface area (Å²) in [6, 6.07) is 26.4. The van der Waals surface area contributed by atoms with Crippen LogP contribution in [0.5, 0.6) is 11.5 Å². The Balaban J connectivity index is 1.54. The summed E-state index contributed by atoms with van der Waals surface area (Å²) in [5.74, 6) is 0.155. The molecule has 0 fully saturated rings. The fourth-order valence-electron chi connectivity index (χ4n) is 4.27. The van der Waals surface area contributed by atoms with Gasteiger partial charge in [-0.25, -0.2) is 4.79 Å². The summed E-state index contributed by atoms with van der Waals surface area (Å²) in [7, 11) is 1.54. The van der Waals surface area contributed by atoms with Gasteiger partial charge in [-0.05, 0) is 52.2 Å². The average molecular weight is 423 g/mol. The summed E-state index contributed by atoms with van der Waals surface area (Å²) >= 11 is 0. The van der Waals surface area contributed by atoms with Crippen LogP contribution in [0.4, 0.5) is 5.69 Å². The third-order valence-corrected chi connectivity index (χ3v) is 5.78. The lowest BCUT2D eigenvalue weighted by atomic mass is 9.82. The highest BCUT2D eigenvalue weighted by Crippen LogP contribution is 2.43. The normalized spacial score (nSPS) is 15.0. The number of esters is 1. The van der Waals surface area contributed by atoms with Crippen molar-refractivity contribution in [1.29, 1.82) is 0 Å². The summed E-state index contributed by atoms with van der Waals surface area (Å²) in [5.41, 5.74) is 3.29. The second-order valence-corrected chi connectivity index (χ2v) is 7.72. The topological polar surface area (TPSA) is 64.6 Å². The van der Waals surface area contributed by atoms with Gasteiger partial charge in [-0.3, -0.25) is 4.79 Å². The molecule has 0 aliphatic carbocycles. The summed E-state index contributed by atoms with van der Waals surface area (Å²) in [6.07, 6.45) is 0.327. The van der Waals surface area contributed by atoms with Gasteiger partial charge in [0.05, 0.1) is 12.7 Å². The monoisotopic (exact) mass is 423 g/mol. The van der Waals surface area contributed by atoms with E-state index in [0.717, 1.165) is 27.6 Å². The number of hydrogen-bond donors (Lipinski definition) is 1. The van der Waals surface area contributed by atoms with Crippen molar-refractivity contribution in [3.8, 4) is 11.5 Å². The van der Waals surface area contributed by atoms with Crippen molar-refractivity contribution in [2.45, 2.75) is 12.3 Å². The van der Waals surface area contributed by atoms with Gasteiger partial charge in [0, 0.05) is 18.0 Å². The summed E-state index contributed by atoms with van der Waals surface area (Å²) in [6.45, 7) is 0. The van der Waals surface area contributed by atoms with Gasteiger partial charge in [-0.15, -0.1) is 0 Å². The minimum atomic E-state index is -0.454. The zero-order valence-electron chi connectivity index (χ0n) is 17.5. The molecule has 0 aromatic heterocycles. The maximum Gasteiger partial charge on any atom is 0.343 e. The van der Waals surface area contributed by atoms with E-state index >= 15 is 0 Å². The van der Waals surface area contributed by atoms with Crippen molar-refractivity contribution < 1.29 is 19.1 Å². The van der Waals surface area contributed by atoms with E-state index < -0.39 is 5.97 Å². The molecule has 0 saturated heterocycles. The van der Waals surface area contributed by atoms with Crippen LogP contribution in [0.15, 0.2) is 84.9 Å². The van der Waals surface area contributed by atoms with Crippen molar-refractivity contribution >= 4 is 28.3 Å². The molecule has 1 N–H and O–H groups in total. The average Bonchev–Trinajstić information content (AvgIpc) is 2.84. The van der Waals surface area contributed by atoms with E-state index in [4.69, 9.17) is 9.47 Å². The molecule has 1 amide bonds. The minimum absolute atomic E-state index is 0.0312. The number of rotatable bonds is 4. The third kappa shape index (κ3) is 3.58. The van der Waals surface area contributed by atoms with E-state index in [1.165, 1.54) is 7.11 Å². The van der Waals surface area contributed by atoms with Gasteiger partial charge in [-0.2, -0.15) is 0 Å². The van der Waals surface area contributed by atoms with Crippen LogP contribution in [0.1, 0.15) is 33.8 Å². The highest BCUT2D eigenvalue weighted by Gasteiger charge is 2.29. The number of methoxy groups -OCH3 is 1. The molecular weight excluding hydrogens is 402 g/mol. The molecule has 32 heavy (non-hydrogen) atoms. The van der Waals surface area contributed by atoms with Gasteiger partial charge >= 0.3 is 5.97 Å². The number of carbonyl (C=O) groups excluding carboxylic acids is 2. The van der Waals surface area contributed by atoms with Crippen LogP contribution in [-0.2, 0) is 4.79 Å². The van der Waals surface area contributed by atoms with Gasteiger partial charge in [0.15, 0.2) is 11.5 Å². The Kier molecular flexibility index (Phi) is 5.07. The van der Waals surface area contributed by atoms with Crippen molar-refractivity contribution in [3.63, 3.8) is 0 Å². The Bertz CT molecular complexity index is 1330. The van der Waals surface area contributed by atoms with Gasteiger partial charge < -0.3 is 14.8 Å². The summed E-state index contributed by atoms with van der Waals surface area (Å²) in [5, 5.41) is 5.22. The maximum atomic E-state index is 12.5. The zero-order chi connectivity index (χ0) is 22.1. The number of anilines is 1. The van der Waals surface area contributed by atoms with Crippen LogP contribution >= 0.6 is 0 Å².